The second kappa shape index (κ2) is 3.74. The summed E-state index contributed by atoms with van der Waals surface area (Å²) in [6.07, 6.45) is 1.76. The minimum absolute atomic E-state index is 0. The quantitative estimate of drug-likeness (QED) is 0.705. The Balaban J connectivity index is 0.000000845. The van der Waals surface area contributed by atoms with E-state index >= 15 is 0 Å². The molecular formula is C9H11Cl2NO. The number of fused-ring (bicyclic) bond motifs is 1. The molecule has 0 heterocycles. The largest absolute Gasteiger partial charge is 0.508 e. The van der Waals surface area contributed by atoms with E-state index < -0.39 is 0 Å². The summed E-state index contributed by atoms with van der Waals surface area (Å²) in [6, 6.07) is 3.28. The van der Waals surface area contributed by atoms with Crippen LogP contribution in [0.2, 0.25) is 5.02 Å². The van der Waals surface area contributed by atoms with Crippen LogP contribution >= 0.6 is 24.0 Å². The van der Waals surface area contributed by atoms with Crippen LogP contribution in [0.4, 0.5) is 0 Å². The number of hydrogen-bond donors (Lipinski definition) is 2. The van der Waals surface area contributed by atoms with E-state index in [9.17, 15) is 5.11 Å². The van der Waals surface area contributed by atoms with Crippen molar-refractivity contribution in [1.29, 1.82) is 0 Å². The first kappa shape index (κ1) is 10.6. The third-order valence-electron chi connectivity index (χ3n) is 2.35. The molecule has 0 bridgehead atoms. The maximum absolute atomic E-state index is 9.49. The fourth-order valence-electron chi connectivity index (χ4n) is 1.74. The van der Waals surface area contributed by atoms with E-state index in [1.54, 1.807) is 12.1 Å². The van der Waals surface area contributed by atoms with Crippen molar-refractivity contribution < 1.29 is 5.11 Å². The molecule has 0 amide bonds. The van der Waals surface area contributed by atoms with E-state index in [0.29, 0.717) is 0 Å². The highest BCUT2D eigenvalue weighted by atomic mass is 35.5. The Morgan fingerprint density at radius 1 is 1.46 bits per heavy atom. The summed E-state index contributed by atoms with van der Waals surface area (Å²) in [4.78, 5) is 0. The third kappa shape index (κ3) is 1.62. The summed E-state index contributed by atoms with van der Waals surface area (Å²) in [5.41, 5.74) is 7.65. The summed E-state index contributed by atoms with van der Waals surface area (Å²) in [6.45, 7) is 0. The summed E-state index contributed by atoms with van der Waals surface area (Å²) in [5.74, 6) is 0.277. The molecule has 72 valence electrons. The molecule has 0 aromatic heterocycles. The molecule has 1 unspecified atom stereocenters. The Kier molecular flexibility index (Phi) is 3.06. The van der Waals surface area contributed by atoms with Gasteiger partial charge >= 0.3 is 0 Å². The van der Waals surface area contributed by atoms with Crippen molar-refractivity contribution in [3.63, 3.8) is 0 Å². The second-order valence-corrected chi connectivity index (χ2v) is 3.51. The van der Waals surface area contributed by atoms with E-state index in [2.05, 4.69) is 0 Å². The van der Waals surface area contributed by atoms with Crippen LogP contribution in [0.15, 0.2) is 12.1 Å². The molecule has 0 radical (unpaired) electrons. The molecule has 2 nitrogen and oxygen atoms in total. The minimum atomic E-state index is -0.0429. The topological polar surface area (TPSA) is 46.2 Å². The third-order valence-corrected chi connectivity index (χ3v) is 2.71. The van der Waals surface area contributed by atoms with Gasteiger partial charge in [0.05, 0.1) is 0 Å². The molecule has 0 aliphatic heterocycles. The lowest BCUT2D eigenvalue weighted by atomic mass is 10.1. The molecule has 2 rings (SSSR count). The van der Waals surface area contributed by atoms with Crippen molar-refractivity contribution in [2.75, 3.05) is 0 Å². The Hall–Kier alpha value is -0.440. The van der Waals surface area contributed by atoms with Crippen molar-refractivity contribution >= 4 is 24.0 Å². The maximum Gasteiger partial charge on any atom is 0.120 e. The normalized spacial score (nSPS) is 19.4. The first-order valence-electron chi connectivity index (χ1n) is 3.96. The number of halogens is 2. The van der Waals surface area contributed by atoms with Crippen molar-refractivity contribution in [3.05, 3.63) is 28.3 Å². The molecule has 0 saturated heterocycles. The molecule has 3 N–H and O–H groups in total. The van der Waals surface area contributed by atoms with Crippen LogP contribution in [-0.2, 0) is 6.42 Å². The highest BCUT2D eigenvalue weighted by molar-refractivity contribution is 6.31. The number of nitrogens with two attached hydrogens (primary N) is 1. The van der Waals surface area contributed by atoms with Gasteiger partial charge in [0.15, 0.2) is 0 Å². The summed E-state index contributed by atoms with van der Waals surface area (Å²) >= 11 is 5.94. The number of phenolic OH excluding ortho intramolecular Hbond substituents is 1. The zero-order valence-corrected chi connectivity index (χ0v) is 8.53. The maximum atomic E-state index is 9.49. The Morgan fingerprint density at radius 3 is 2.77 bits per heavy atom. The zero-order valence-electron chi connectivity index (χ0n) is 6.96. The fraction of sp³-hybridized carbons (Fsp3) is 0.333. The number of hydrogen-bond acceptors (Lipinski definition) is 2. The lowest BCUT2D eigenvalue weighted by molar-refractivity contribution is 0.463. The summed E-state index contributed by atoms with van der Waals surface area (Å²) in [5, 5.41) is 10.2. The van der Waals surface area contributed by atoms with Gasteiger partial charge in [-0.2, -0.15) is 0 Å². The van der Waals surface area contributed by atoms with E-state index in [1.165, 1.54) is 0 Å². The average molecular weight is 220 g/mol. The van der Waals surface area contributed by atoms with Crippen molar-refractivity contribution in [2.45, 2.75) is 18.9 Å². The predicted octanol–water partition coefficient (Wildman–Crippen LogP) is 2.41. The Labute approximate surface area is 88.1 Å². The molecule has 4 heteroatoms. The lowest BCUT2D eigenvalue weighted by Gasteiger charge is -2.07. The van der Waals surface area contributed by atoms with Gasteiger partial charge in [-0.1, -0.05) is 11.6 Å². The Morgan fingerprint density at radius 2 is 2.15 bits per heavy atom. The van der Waals surface area contributed by atoms with Gasteiger partial charge in [0, 0.05) is 16.6 Å². The van der Waals surface area contributed by atoms with Crippen molar-refractivity contribution in [2.24, 2.45) is 5.73 Å². The second-order valence-electron chi connectivity index (χ2n) is 3.10. The monoisotopic (exact) mass is 219 g/mol. The van der Waals surface area contributed by atoms with Gasteiger partial charge in [-0.25, -0.2) is 0 Å². The van der Waals surface area contributed by atoms with E-state index in [1.807, 2.05) is 0 Å². The number of aromatic hydroxyl groups is 1. The molecule has 1 atom stereocenters. The van der Waals surface area contributed by atoms with E-state index in [-0.39, 0.29) is 24.2 Å². The fourth-order valence-corrected chi connectivity index (χ4v) is 2.00. The van der Waals surface area contributed by atoms with Gasteiger partial charge < -0.3 is 10.8 Å². The van der Waals surface area contributed by atoms with Crippen LogP contribution < -0.4 is 5.73 Å². The molecule has 1 aliphatic rings. The first-order chi connectivity index (χ1) is 5.70. The highest BCUT2D eigenvalue weighted by Gasteiger charge is 2.24. The number of benzene rings is 1. The smallest absolute Gasteiger partial charge is 0.120 e. The summed E-state index contributed by atoms with van der Waals surface area (Å²) in [7, 11) is 0. The van der Waals surface area contributed by atoms with Crippen LogP contribution in [0.5, 0.6) is 5.75 Å². The van der Waals surface area contributed by atoms with Crippen LogP contribution in [0.25, 0.3) is 0 Å². The molecule has 13 heavy (non-hydrogen) atoms. The molecule has 1 aliphatic carbocycles. The van der Waals surface area contributed by atoms with Gasteiger partial charge in [-0.15, -0.1) is 12.4 Å². The van der Waals surface area contributed by atoms with Crippen molar-refractivity contribution in [1.82, 2.24) is 0 Å². The van der Waals surface area contributed by atoms with Crippen LogP contribution in [0.1, 0.15) is 23.6 Å². The van der Waals surface area contributed by atoms with Crippen LogP contribution in [0, 0.1) is 0 Å². The molecule has 1 aromatic carbocycles. The first-order valence-corrected chi connectivity index (χ1v) is 4.34. The van der Waals surface area contributed by atoms with E-state index in [0.717, 1.165) is 29.0 Å². The standard InChI is InChI=1S/C9H10ClNO.ClH/c10-6-2-4-8(12)9-5(6)1-3-7(9)11;/h2,4,7,12H,1,3,11H2;1H. The van der Waals surface area contributed by atoms with Crippen molar-refractivity contribution in [3.8, 4) is 5.75 Å². The van der Waals surface area contributed by atoms with Gasteiger partial charge in [0.2, 0.25) is 0 Å². The number of rotatable bonds is 0. The van der Waals surface area contributed by atoms with Gasteiger partial charge in [0.1, 0.15) is 5.75 Å². The molecule has 0 saturated carbocycles. The van der Waals surface area contributed by atoms with Gasteiger partial charge in [0.25, 0.3) is 0 Å². The van der Waals surface area contributed by atoms with Gasteiger partial charge in [-0.3, -0.25) is 0 Å². The Bertz CT molecular complexity index is 328. The molecule has 0 fully saturated rings. The highest BCUT2D eigenvalue weighted by Crippen LogP contribution is 2.39. The van der Waals surface area contributed by atoms with Crippen LogP contribution in [0.3, 0.4) is 0 Å². The molecule has 0 spiro atoms. The zero-order chi connectivity index (χ0) is 8.72. The SMILES string of the molecule is Cl.NC1CCc2c(Cl)ccc(O)c21. The lowest BCUT2D eigenvalue weighted by Crippen LogP contribution is -2.05. The van der Waals surface area contributed by atoms with Gasteiger partial charge in [-0.05, 0) is 30.5 Å². The molecular weight excluding hydrogens is 209 g/mol. The molecule has 1 aromatic rings. The average Bonchev–Trinajstić information content (AvgIpc) is 2.42. The van der Waals surface area contributed by atoms with E-state index in [4.69, 9.17) is 17.3 Å². The minimum Gasteiger partial charge on any atom is -0.508 e. The number of phenols is 1. The summed E-state index contributed by atoms with van der Waals surface area (Å²) < 4.78 is 0. The predicted molar refractivity (Wildman–Crippen MR) is 55.6 cm³/mol. The van der Waals surface area contributed by atoms with Crippen LogP contribution in [-0.4, -0.2) is 5.11 Å².